The normalized spacial score (nSPS) is 19.1. The van der Waals surface area contributed by atoms with Crippen molar-refractivity contribution in [1.82, 2.24) is 19.8 Å². The molecule has 0 aliphatic carbocycles. The first-order valence-electron chi connectivity index (χ1n) is 12.3. The van der Waals surface area contributed by atoms with Crippen molar-refractivity contribution in [3.8, 4) is 5.75 Å². The van der Waals surface area contributed by atoms with Gasteiger partial charge in [-0.3, -0.25) is 29.2 Å². The van der Waals surface area contributed by atoms with Crippen molar-refractivity contribution in [1.29, 1.82) is 0 Å². The molecule has 0 bridgehead atoms. The number of benzene rings is 2. The number of imide groups is 1. The summed E-state index contributed by atoms with van der Waals surface area (Å²) in [4.78, 5) is 44.6. The van der Waals surface area contributed by atoms with Crippen LogP contribution in [0.2, 0.25) is 0 Å². The van der Waals surface area contributed by atoms with E-state index in [4.69, 9.17) is 4.74 Å². The average molecular weight is 475 g/mol. The van der Waals surface area contributed by atoms with Gasteiger partial charge in [0, 0.05) is 13.0 Å². The number of carbonyl (C=O) groups is 2. The lowest BCUT2D eigenvalue weighted by Gasteiger charge is -2.26. The fraction of sp³-hybridized carbons (Fsp3) is 0.407. The second kappa shape index (κ2) is 10.00. The molecule has 0 spiro atoms. The maximum absolute atomic E-state index is 13.5. The van der Waals surface area contributed by atoms with Crippen molar-refractivity contribution in [2.45, 2.75) is 58.2 Å². The largest absolute Gasteiger partial charge is 0.488 e. The minimum atomic E-state index is -0.766. The third kappa shape index (κ3) is 4.98. The summed E-state index contributed by atoms with van der Waals surface area (Å²) in [5, 5.41) is 2.66. The first kappa shape index (κ1) is 23.2. The van der Waals surface area contributed by atoms with Gasteiger partial charge in [-0.25, -0.2) is 4.98 Å². The maximum atomic E-state index is 13.5. The quantitative estimate of drug-likeness (QED) is 0.552. The number of nitrogens with one attached hydrogen (secondary N) is 1. The van der Waals surface area contributed by atoms with Crippen molar-refractivity contribution < 1.29 is 14.3 Å². The van der Waals surface area contributed by atoms with E-state index >= 15 is 0 Å². The first-order valence-corrected chi connectivity index (χ1v) is 12.3. The molecule has 182 valence electrons. The average Bonchev–Trinajstić information content (AvgIpc) is 2.85. The molecule has 35 heavy (non-hydrogen) atoms. The molecule has 5 rings (SSSR count). The number of likely N-dealkylation sites (tertiary alicyclic amines) is 1. The van der Waals surface area contributed by atoms with E-state index in [0.717, 1.165) is 25.2 Å². The van der Waals surface area contributed by atoms with Crippen LogP contribution < -0.4 is 15.6 Å². The van der Waals surface area contributed by atoms with E-state index < -0.39 is 11.9 Å². The topological polar surface area (TPSA) is 93.5 Å². The van der Waals surface area contributed by atoms with E-state index in [9.17, 15) is 14.4 Å². The Bertz CT molecular complexity index is 1310. The second-order valence-corrected chi connectivity index (χ2v) is 9.39. The van der Waals surface area contributed by atoms with Crippen LogP contribution in [0.25, 0.3) is 10.9 Å². The third-order valence-electron chi connectivity index (χ3n) is 6.86. The summed E-state index contributed by atoms with van der Waals surface area (Å²) in [7, 11) is 0. The van der Waals surface area contributed by atoms with Gasteiger partial charge < -0.3 is 4.74 Å². The number of fused-ring (bicyclic) bond motifs is 1. The predicted molar refractivity (Wildman–Crippen MR) is 132 cm³/mol. The van der Waals surface area contributed by atoms with Gasteiger partial charge in [-0.05, 0) is 62.5 Å². The van der Waals surface area contributed by atoms with Gasteiger partial charge in [0.25, 0.3) is 5.56 Å². The molecule has 0 saturated carbocycles. The Morgan fingerprint density at radius 1 is 1.00 bits per heavy atom. The van der Waals surface area contributed by atoms with Crippen LogP contribution in [0, 0.1) is 6.92 Å². The highest BCUT2D eigenvalue weighted by molar-refractivity contribution is 5.99. The molecular formula is C27H30N4O4. The Labute approximate surface area is 203 Å². The van der Waals surface area contributed by atoms with E-state index in [-0.39, 0.29) is 24.3 Å². The van der Waals surface area contributed by atoms with E-state index in [1.54, 1.807) is 19.1 Å². The Hall–Kier alpha value is -3.52. The van der Waals surface area contributed by atoms with Crippen LogP contribution in [-0.4, -0.2) is 39.4 Å². The number of nitrogens with zero attached hydrogens (tertiary/aromatic N) is 3. The minimum Gasteiger partial charge on any atom is -0.488 e. The van der Waals surface area contributed by atoms with Crippen molar-refractivity contribution in [3.63, 3.8) is 0 Å². The highest BCUT2D eigenvalue weighted by atomic mass is 16.5. The number of aryl methyl sites for hydroxylation is 1. The molecule has 1 N–H and O–H groups in total. The SMILES string of the molecule is Cc1nc2cccc(OCc3ccc(CN4CCCCC4)cc3)c2c(=O)n1C1CCC(=O)NC1=O. The third-order valence-corrected chi connectivity index (χ3v) is 6.86. The highest BCUT2D eigenvalue weighted by Gasteiger charge is 2.31. The number of amides is 2. The van der Waals surface area contributed by atoms with Gasteiger partial charge in [-0.1, -0.05) is 36.8 Å². The molecular weight excluding hydrogens is 444 g/mol. The molecule has 1 aromatic heterocycles. The summed E-state index contributed by atoms with van der Waals surface area (Å²) >= 11 is 0. The van der Waals surface area contributed by atoms with Crippen molar-refractivity contribution >= 4 is 22.7 Å². The molecule has 3 heterocycles. The van der Waals surface area contributed by atoms with Crippen LogP contribution in [0.1, 0.15) is 55.1 Å². The van der Waals surface area contributed by atoms with Gasteiger partial charge >= 0.3 is 0 Å². The minimum absolute atomic E-state index is 0.187. The molecule has 2 aliphatic rings. The highest BCUT2D eigenvalue weighted by Crippen LogP contribution is 2.25. The van der Waals surface area contributed by atoms with Crippen LogP contribution in [0.5, 0.6) is 5.75 Å². The van der Waals surface area contributed by atoms with Gasteiger partial charge in [0.15, 0.2) is 0 Å². The number of carbonyl (C=O) groups excluding carboxylic acids is 2. The summed E-state index contributed by atoms with van der Waals surface area (Å²) in [6.45, 7) is 5.30. The zero-order valence-corrected chi connectivity index (χ0v) is 20.0. The van der Waals surface area contributed by atoms with E-state index in [1.165, 1.54) is 29.4 Å². The molecule has 1 unspecified atom stereocenters. The molecule has 0 radical (unpaired) electrons. The fourth-order valence-electron chi connectivity index (χ4n) is 5.02. The molecule has 3 aromatic rings. The van der Waals surface area contributed by atoms with Crippen LogP contribution >= 0.6 is 0 Å². The maximum Gasteiger partial charge on any atom is 0.265 e. The summed E-state index contributed by atoms with van der Waals surface area (Å²) in [5.41, 5.74) is 2.47. The van der Waals surface area contributed by atoms with Crippen molar-refractivity contribution in [3.05, 3.63) is 69.8 Å². The summed E-state index contributed by atoms with van der Waals surface area (Å²) < 4.78 is 7.46. The summed E-state index contributed by atoms with van der Waals surface area (Å²) in [6, 6.07) is 13.0. The Morgan fingerprint density at radius 3 is 2.49 bits per heavy atom. The van der Waals surface area contributed by atoms with Gasteiger partial charge in [-0.15, -0.1) is 0 Å². The summed E-state index contributed by atoms with van der Waals surface area (Å²) in [6.07, 6.45) is 4.33. The Morgan fingerprint density at radius 2 is 1.74 bits per heavy atom. The van der Waals surface area contributed by atoms with Gasteiger partial charge in [0.2, 0.25) is 11.8 Å². The van der Waals surface area contributed by atoms with Gasteiger partial charge in [-0.2, -0.15) is 0 Å². The van der Waals surface area contributed by atoms with Crippen molar-refractivity contribution in [2.75, 3.05) is 13.1 Å². The molecule has 2 aliphatic heterocycles. The van der Waals surface area contributed by atoms with Crippen LogP contribution in [0.3, 0.4) is 0 Å². The van der Waals surface area contributed by atoms with Crippen LogP contribution in [0.15, 0.2) is 47.3 Å². The molecule has 2 saturated heterocycles. The van der Waals surface area contributed by atoms with Crippen molar-refractivity contribution in [2.24, 2.45) is 0 Å². The van der Waals surface area contributed by atoms with Crippen LogP contribution in [0.4, 0.5) is 0 Å². The Kier molecular flexibility index (Phi) is 6.63. The Balaban J connectivity index is 1.36. The van der Waals surface area contributed by atoms with Crippen LogP contribution in [-0.2, 0) is 22.7 Å². The lowest BCUT2D eigenvalue weighted by molar-refractivity contribution is -0.135. The molecule has 2 amide bonds. The standard InChI is InChI=1S/C27H30N4O4/c1-18-28-21-6-5-7-23(25(21)27(34)31(18)22-12-13-24(32)29-26(22)33)35-17-20-10-8-19(9-11-20)16-30-14-3-2-4-15-30/h5-11,22H,2-4,12-17H2,1H3,(H,29,32,33). The molecule has 2 aromatic carbocycles. The van der Waals surface area contributed by atoms with E-state index in [2.05, 4.69) is 39.5 Å². The smallest absolute Gasteiger partial charge is 0.265 e. The van der Waals surface area contributed by atoms with E-state index in [0.29, 0.717) is 29.1 Å². The number of hydrogen-bond acceptors (Lipinski definition) is 6. The number of rotatable bonds is 6. The van der Waals surface area contributed by atoms with Gasteiger partial charge in [0.1, 0.15) is 29.6 Å². The fourth-order valence-corrected chi connectivity index (χ4v) is 5.02. The molecule has 1 atom stereocenters. The first-order chi connectivity index (χ1) is 17.0. The summed E-state index contributed by atoms with van der Waals surface area (Å²) in [5.74, 6) is 0.0594. The molecule has 8 nitrogen and oxygen atoms in total. The van der Waals surface area contributed by atoms with E-state index in [1.807, 2.05) is 6.07 Å². The lowest BCUT2D eigenvalue weighted by atomic mass is 10.1. The number of ether oxygens (including phenoxy) is 1. The zero-order chi connectivity index (χ0) is 24.4. The lowest BCUT2D eigenvalue weighted by Crippen LogP contribution is -2.45. The zero-order valence-electron chi connectivity index (χ0n) is 20.0. The monoisotopic (exact) mass is 474 g/mol. The van der Waals surface area contributed by atoms with Gasteiger partial charge in [0.05, 0.1) is 5.52 Å². The molecule has 8 heteroatoms. The number of piperidine rings is 2. The second-order valence-electron chi connectivity index (χ2n) is 9.39. The predicted octanol–water partition coefficient (Wildman–Crippen LogP) is 3.25. The number of hydrogen-bond donors (Lipinski definition) is 1. The number of aromatic nitrogens is 2. The molecule has 2 fully saturated rings.